The number of carbonyl (C=O) groups excluding carboxylic acids is 2. The van der Waals surface area contributed by atoms with Crippen LogP contribution in [0.2, 0.25) is 0 Å². The number of carbonyl (C=O) groups is 2. The van der Waals surface area contributed by atoms with E-state index in [0.717, 1.165) is 68.6 Å². The number of anilines is 1. The summed E-state index contributed by atoms with van der Waals surface area (Å²) >= 11 is 2.59. The number of thioether (sulfide) groups is 1. The molecular weight excluding hydrogens is 480 g/mol. The highest BCUT2D eigenvalue weighted by Crippen LogP contribution is 2.26. The van der Waals surface area contributed by atoms with Crippen LogP contribution in [-0.2, 0) is 11.2 Å². The van der Waals surface area contributed by atoms with E-state index in [0.29, 0.717) is 22.5 Å². The van der Waals surface area contributed by atoms with Crippen molar-refractivity contribution in [2.75, 3.05) is 31.1 Å². The summed E-state index contributed by atoms with van der Waals surface area (Å²) < 4.78 is 0. The SMILES string of the molecule is O=C1NC(=O)/C(=C\c2ccnc(N3CCC(CNCCc4cccc(-c5ccsc5)n4)CC3)n2)S1. The van der Waals surface area contributed by atoms with Gasteiger partial charge in [0.05, 0.1) is 16.3 Å². The van der Waals surface area contributed by atoms with Gasteiger partial charge >= 0.3 is 0 Å². The van der Waals surface area contributed by atoms with Crippen LogP contribution < -0.4 is 15.5 Å². The zero-order chi connectivity index (χ0) is 24.0. The standard InChI is InChI=1S/C25H26N6O2S2/c32-23-22(35-25(33)30-23)14-20-5-10-27-24(29-20)31-11-6-17(7-12-31)15-26-9-4-19-2-1-3-21(28-19)18-8-13-34-16-18/h1-3,5,8,10,13-14,16-17,26H,4,6-7,9,11-12,15H2,(H,30,32,33)/b22-14+. The molecular formula is C25H26N6O2S2. The van der Waals surface area contributed by atoms with E-state index in [1.54, 1.807) is 29.7 Å². The third kappa shape index (κ3) is 6.14. The first-order valence-electron chi connectivity index (χ1n) is 11.7. The van der Waals surface area contributed by atoms with Crippen LogP contribution >= 0.6 is 23.1 Å². The molecule has 2 aliphatic heterocycles. The van der Waals surface area contributed by atoms with Crippen LogP contribution in [0, 0.1) is 5.92 Å². The zero-order valence-corrected chi connectivity index (χ0v) is 20.8. The Morgan fingerprint density at radius 3 is 2.80 bits per heavy atom. The Kier molecular flexibility index (Phi) is 7.51. The number of amides is 2. The van der Waals surface area contributed by atoms with E-state index in [1.807, 2.05) is 0 Å². The van der Waals surface area contributed by atoms with Crippen LogP contribution in [0.15, 0.2) is 52.2 Å². The van der Waals surface area contributed by atoms with Gasteiger partial charge in [-0.05, 0) is 72.8 Å². The Labute approximate surface area is 212 Å². The molecule has 5 heterocycles. The first-order valence-corrected chi connectivity index (χ1v) is 13.4. The Hall–Kier alpha value is -3.08. The van der Waals surface area contributed by atoms with Gasteiger partial charge in [0.1, 0.15) is 0 Å². The molecule has 10 heteroatoms. The van der Waals surface area contributed by atoms with Gasteiger partial charge in [0.15, 0.2) is 0 Å². The lowest BCUT2D eigenvalue weighted by Crippen LogP contribution is -2.38. The van der Waals surface area contributed by atoms with Gasteiger partial charge < -0.3 is 10.2 Å². The second-order valence-corrected chi connectivity index (χ2v) is 10.3. The minimum absolute atomic E-state index is 0.352. The van der Waals surface area contributed by atoms with Crippen molar-refractivity contribution in [2.24, 2.45) is 5.92 Å². The van der Waals surface area contributed by atoms with Crippen molar-refractivity contribution in [1.29, 1.82) is 0 Å². The van der Waals surface area contributed by atoms with E-state index in [9.17, 15) is 9.59 Å². The topological polar surface area (TPSA) is 100 Å². The number of hydrogen-bond donors (Lipinski definition) is 2. The summed E-state index contributed by atoms with van der Waals surface area (Å²) in [5.74, 6) is 0.905. The number of imide groups is 1. The van der Waals surface area contributed by atoms with Gasteiger partial charge in [-0.2, -0.15) is 11.3 Å². The maximum atomic E-state index is 11.8. The Morgan fingerprint density at radius 2 is 2.03 bits per heavy atom. The van der Waals surface area contributed by atoms with Gasteiger partial charge in [-0.25, -0.2) is 9.97 Å². The molecule has 0 saturated carbocycles. The van der Waals surface area contributed by atoms with Gasteiger partial charge in [-0.15, -0.1) is 0 Å². The van der Waals surface area contributed by atoms with Crippen molar-refractivity contribution in [3.63, 3.8) is 0 Å². The summed E-state index contributed by atoms with van der Waals surface area (Å²) in [5.41, 5.74) is 3.96. The molecule has 0 unspecified atom stereocenters. The van der Waals surface area contributed by atoms with Crippen molar-refractivity contribution >= 4 is 46.3 Å². The summed E-state index contributed by atoms with van der Waals surface area (Å²) in [6, 6.07) is 10.1. The van der Waals surface area contributed by atoms with Gasteiger partial charge in [0, 0.05) is 48.9 Å². The number of nitrogens with zero attached hydrogens (tertiary/aromatic N) is 4. The fraction of sp³-hybridized carbons (Fsp3) is 0.320. The smallest absolute Gasteiger partial charge is 0.290 e. The molecule has 2 N–H and O–H groups in total. The van der Waals surface area contributed by atoms with Gasteiger partial charge in [0.25, 0.3) is 11.1 Å². The second kappa shape index (κ2) is 11.1. The quantitative estimate of drug-likeness (QED) is 0.350. The number of rotatable bonds is 8. The summed E-state index contributed by atoms with van der Waals surface area (Å²) in [6.45, 7) is 3.69. The summed E-state index contributed by atoms with van der Waals surface area (Å²) in [7, 11) is 0. The van der Waals surface area contributed by atoms with Crippen LogP contribution in [0.3, 0.4) is 0 Å². The Morgan fingerprint density at radius 1 is 1.14 bits per heavy atom. The molecule has 2 aliphatic rings. The molecule has 0 aliphatic carbocycles. The summed E-state index contributed by atoms with van der Waals surface area (Å²) in [6.07, 6.45) is 6.39. The molecule has 0 radical (unpaired) electrons. The third-order valence-corrected chi connectivity index (χ3v) is 7.59. The minimum Gasteiger partial charge on any atom is -0.341 e. The number of nitrogens with one attached hydrogen (secondary N) is 2. The van der Waals surface area contributed by atoms with Crippen LogP contribution in [-0.4, -0.2) is 52.3 Å². The number of hydrogen-bond acceptors (Lipinski definition) is 9. The van der Waals surface area contributed by atoms with Crippen LogP contribution in [0.5, 0.6) is 0 Å². The molecule has 2 amide bonds. The van der Waals surface area contributed by atoms with E-state index in [1.165, 1.54) is 5.56 Å². The molecule has 0 bridgehead atoms. The molecule has 0 spiro atoms. The number of thiophene rings is 1. The third-order valence-electron chi connectivity index (χ3n) is 6.10. The van der Waals surface area contributed by atoms with E-state index in [2.05, 4.69) is 60.5 Å². The highest BCUT2D eigenvalue weighted by atomic mass is 32.2. The highest BCUT2D eigenvalue weighted by molar-refractivity contribution is 8.18. The first kappa shape index (κ1) is 23.7. The lowest BCUT2D eigenvalue weighted by atomic mass is 9.97. The minimum atomic E-state index is -0.376. The predicted octanol–water partition coefficient (Wildman–Crippen LogP) is 3.97. The summed E-state index contributed by atoms with van der Waals surface area (Å²) in [5, 5.41) is 9.72. The maximum Gasteiger partial charge on any atom is 0.290 e. The lowest BCUT2D eigenvalue weighted by molar-refractivity contribution is -0.115. The average molecular weight is 507 g/mol. The Bertz CT molecular complexity index is 1220. The molecule has 3 aromatic rings. The van der Waals surface area contributed by atoms with Gasteiger partial charge in [-0.1, -0.05) is 6.07 Å². The van der Waals surface area contributed by atoms with Crippen molar-refractivity contribution in [3.8, 4) is 11.3 Å². The predicted molar refractivity (Wildman–Crippen MR) is 140 cm³/mol. The van der Waals surface area contributed by atoms with Crippen molar-refractivity contribution in [1.82, 2.24) is 25.6 Å². The lowest BCUT2D eigenvalue weighted by Gasteiger charge is -2.32. The van der Waals surface area contributed by atoms with E-state index in [-0.39, 0.29) is 11.1 Å². The average Bonchev–Trinajstić information content (AvgIpc) is 3.52. The molecule has 5 rings (SSSR count). The van der Waals surface area contributed by atoms with Gasteiger partial charge in [0.2, 0.25) is 5.95 Å². The molecule has 0 aromatic carbocycles. The van der Waals surface area contributed by atoms with Crippen LogP contribution in [0.4, 0.5) is 10.7 Å². The van der Waals surface area contributed by atoms with Crippen molar-refractivity contribution < 1.29 is 9.59 Å². The van der Waals surface area contributed by atoms with Crippen LogP contribution in [0.25, 0.3) is 17.3 Å². The molecule has 2 fully saturated rings. The largest absolute Gasteiger partial charge is 0.341 e. The fourth-order valence-corrected chi connectivity index (χ4v) is 5.52. The zero-order valence-electron chi connectivity index (χ0n) is 19.1. The molecule has 0 atom stereocenters. The maximum absolute atomic E-state index is 11.8. The number of aromatic nitrogens is 3. The molecule has 180 valence electrons. The second-order valence-electron chi connectivity index (χ2n) is 8.54. The van der Waals surface area contributed by atoms with Crippen LogP contribution in [0.1, 0.15) is 24.2 Å². The van der Waals surface area contributed by atoms with E-state index >= 15 is 0 Å². The van der Waals surface area contributed by atoms with Crippen molar-refractivity contribution in [2.45, 2.75) is 19.3 Å². The van der Waals surface area contributed by atoms with Gasteiger partial charge in [-0.3, -0.25) is 19.9 Å². The monoisotopic (exact) mass is 506 g/mol. The van der Waals surface area contributed by atoms with E-state index in [4.69, 9.17) is 4.98 Å². The Balaban J connectivity index is 1.07. The van der Waals surface area contributed by atoms with E-state index < -0.39 is 0 Å². The first-order chi connectivity index (χ1) is 17.1. The molecule has 3 aromatic heterocycles. The van der Waals surface area contributed by atoms with Crippen molar-refractivity contribution in [3.05, 3.63) is 63.6 Å². The molecule has 2 saturated heterocycles. The normalized spacial score (nSPS) is 17.8. The molecule has 8 nitrogen and oxygen atoms in total. The highest BCUT2D eigenvalue weighted by Gasteiger charge is 2.25. The number of pyridine rings is 1. The number of piperidine rings is 1. The fourth-order valence-electron chi connectivity index (χ4n) is 4.20. The summed E-state index contributed by atoms with van der Waals surface area (Å²) in [4.78, 5) is 39.5. The molecule has 35 heavy (non-hydrogen) atoms.